The molecule has 0 heterocycles. The van der Waals surface area contributed by atoms with E-state index < -0.39 is 17.0 Å². The normalized spacial score (nSPS) is 12.7. The van der Waals surface area contributed by atoms with Gasteiger partial charge in [-0.25, -0.2) is 0 Å². The molecule has 0 saturated carbocycles. The SMILES string of the molecule is O=C(O)C(CCO)(CCO)CC(O)(CCO)CCO. The van der Waals surface area contributed by atoms with Gasteiger partial charge in [0.05, 0.1) is 11.0 Å². The van der Waals surface area contributed by atoms with Gasteiger partial charge in [0.1, 0.15) is 0 Å². The number of aliphatic hydroxyl groups excluding tert-OH is 4. The molecule has 0 rings (SSSR count). The molecule has 19 heavy (non-hydrogen) atoms. The van der Waals surface area contributed by atoms with Crippen LogP contribution in [0, 0.1) is 5.41 Å². The van der Waals surface area contributed by atoms with Gasteiger partial charge in [-0.3, -0.25) is 4.79 Å². The second-order valence-corrected chi connectivity index (χ2v) is 4.88. The zero-order valence-electron chi connectivity index (χ0n) is 11.0. The van der Waals surface area contributed by atoms with E-state index in [-0.39, 0.29) is 58.5 Å². The Balaban J connectivity index is 5.17. The Labute approximate surface area is 112 Å². The van der Waals surface area contributed by atoms with Crippen molar-refractivity contribution in [3.05, 3.63) is 0 Å². The molecule has 0 amide bonds. The van der Waals surface area contributed by atoms with E-state index in [1.807, 2.05) is 0 Å². The van der Waals surface area contributed by atoms with Gasteiger partial charge in [-0.2, -0.15) is 0 Å². The molecule has 7 nitrogen and oxygen atoms in total. The highest BCUT2D eigenvalue weighted by Crippen LogP contribution is 2.38. The number of hydrogen-bond acceptors (Lipinski definition) is 6. The molecule has 0 bridgehead atoms. The molecule has 7 heteroatoms. The lowest BCUT2D eigenvalue weighted by Gasteiger charge is -2.37. The van der Waals surface area contributed by atoms with Crippen molar-refractivity contribution < 1.29 is 35.4 Å². The van der Waals surface area contributed by atoms with Crippen LogP contribution >= 0.6 is 0 Å². The summed E-state index contributed by atoms with van der Waals surface area (Å²) in [7, 11) is 0. The van der Waals surface area contributed by atoms with Crippen LogP contribution in [0.2, 0.25) is 0 Å². The highest BCUT2D eigenvalue weighted by molar-refractivity contribution is 5.74. The lowest BCUT2D eigenvalue weighted by molar-refractivity contribution is -0.158. The van der Waals surface area contributed by atoms with Crippen molar-refractivity contribution in [3.8, 4) is 0 Å². The van der Waals surface area contributed by atoms with E-state index in [4.69, 9.17) is 20.4 Å². The van der Waals surface area contributed by atoms with Crippen LogP contribution in [0.4, 0.5) is 0 Å². The number of aliphatic hydroxyl groups is 5. The van der Waals surface area contributed by atoms with E-state index in [0.717, 1.165) is 0 Å². The minimum atomic E-state index is -1.54. The molecule has 0 radical (unpaired) electrons. The molecular formula is C12H24O7. The average Bonchev–Trinajstić information content (AvgIpc) is 2.29. The van der Waals surface area contributed by atoms with Crippen LogP contribution < -0.4 is 0 Å². The molecule has 0 fully saturated rings. The molecule has 114 valence electrons. The Morgan fingerprint density at radius 3 is 1.42 bits per heavy atom. The third-order valence-corrected chi connectivity index (χ3v) is 3.46. The number of aliphatic carboxylic acids is 1. The van der Waals surface area contributed by atoms with Crippen molar-refractivity contribution in [1.29, 1.82) is 0 Å². The monoisotopic (exact) mass is 280 g/mol. The van der Waals surface area contributed by atoms with Crippen molar-refractivity contribution in [3.63, 3.8) is 0 Å². The maximum absolute atomic E-state index is 11.4. The molecule has 0 aromatic rings. The largest absolute Gasteiger partial charge is 0.481 e. The van der Waals surface area contributed by atoms with Gasteiger partial charge < -0.3 is 30.6 Å². The van der Waals surface area contributed by atoms with Gasteiger partial charge in [-0.05, 0) is 32.1 Å². The lowest BCUT2D eigenvalue weighted by Crippen LogP contribution is -2.44. The zero-order chi connectivity index (χ0) is 14.9. The summed E-state index contributed by atoms with van der Waals surface area (Å²) in [6.07, 6.45) is -0.597. The number of carboxylic acids is 1. The molecule has 6 N–H and O–H groups in total. The average molecular weight is 280 g/mol. The fourth-order valence-corrected chi connectivity index (χ4v) is 2.37. The van der Waals surface area contributed by atoms with E-state index in [0.29, 0.717) is 0 Å². The van der Waals surface area contributed by atoms with Gasteiger partial charge >= 0.3 is 5.97 Å². The van der Waals surface area contributed by atoms with Gasteiger partial charge in [0.25, 0.3) is 0 Å². The first kappa shape index (κ1) is 18.3. The smallest absolute Gasteiger partial charge is 0.309 e. The highest BCUT2D eigenvalue weighted by atomic mass is 16.4. The molecule has 0 spiro atoms. The van der Waals surface area contributed by atoms with E-state index in [9.17, 15) is 15.0 Å². The van der Waals surface area contributed by atoms with Gasteiger partial charge in [0, 0.05) is 26.4 Å². The number of carboxylic acid groups (broad SMARTS) is 1. The lowest BCUT2D eigenvalue weighted by atomic mass is 9.71. The summed E-state index contributed by atoms with van der Waals surface area (Å²) in [5.41, 5.74) is -3.01. The quantitative estimate of drug-likeness (QED) is 0.277. The maximum Gasteiger partial charge on any atom is 0.309 e. The first-order chi connectivity index (χ1) is 8.89. The number of hydrogen-bond donors (Lipinski definition) is 6. The van der Waals surface area contributed by atoms with Crippen LogP contribution in [-0.2, 0) is 4.79 Å². The van der Waals surface area contributed by atoms with Gasteiger partial charge in [-0.1, -0.05) is 0 Å². The van der Waals surface area contributed by atoms with E-state index in [2.05, 4.69) is 0 Å². The molecule has 0 unspecified atom stereocenters. The Bertz CT molecular complexity index is 255. The van der Waals surface area contributed by atoms with Crippen molar-refractivity contribution in [2.45, 2.75) is 37.7 Å². The summed E-state index contributed by atoms with van der Waals surface area (Å²) >= 11 is 0. The summed E-state index contributed by atoms with van der Waals surface area (Å²) in [6, 6.07) is 0. The fourth-order valence-electron chi connectivity index (χ4n) is 2.37. The molecule has 0 aliphatic carbocycles. The third-order valence-electron chi connectivity index (χ3n) is 3.46. The summed E-state index contributed by atoms with van der Waals surface area (Å²) < 4.78 is 0. The number of carbonyl (C=O) groups is 1. The third kappa shape index (κ3) is 5.42. The van der Waals surface area contributed by atoms with Crippen LogP contribution in [0.1, 0.15) is 32.1 Å². The van der Waals surface area contributed by atoms with Crippen molar-refractivity contribution >= 4 is 5.97 Å². The predicted molar refractivity (Wildman–Crippen MR) is 66.4 cm³/mol. The van der Waals surface area contributed by atoms with Crippen LogP contribution in [0.15, 0.2) is 0 Å². The van der Waals surface area contributed by atoms with E-state index >= 15 is 0 Å². The first-order valence-corrected chi connectivity index (χ1v) is 6.29. The molecule has 0 saturated heterocycles. The summed E-state index contributed by atoms with van der Waals surface area (Å²) in [4.78, 5) is 11.4. The summed E-state index contributed by atoms with van der Waals surface area (Å²) in [6.45, 7) is -1.46. The predicted octanol–water partition coefficient (Wildman–Crippen LogP) is -1.29. The van der Waals surface area contributed by atoms with Crippen LogP contribution in [-0.4, -0.2) is 68.6 Å². The summed E-state index contributed by atoms with van der Waals surface area (Å²) in [5.74, 6) is -1.22. The molecule has 0 atom stereocenters. The fraction of sp³-hybridized carbons (Fsp3) is 0.917. The standard InChI is InChI=1S/C12H24O7/c13-5-1-11(2-6-14,10(17)18)9-12(19,3-7-15)4-8-16/h13-16,19H,1-9H2,(H,17,18). The van der Waals surface area contributed by atoms with Gasteiger partial charge in [0.2, 0.25) is 0 Å². The van der Waals surface area contributed by atoms with Crippen LogP contribution in [0.5, 0.6) is 0 Å². The van der Waals surface area contributed by atoms with E-state index in [1.165, 1.54) is 0 Å². The Morgan fingerprint density at radius 1 is 0.789 bits per heavy atom. The topological polar surface area (TPSA) is 138 Å². The van der Waals surface area contributed by atoms with E-state index in [1.54, 1.807) is 0 Å². The maximum atomic E-state index is 11.4. The zero-order valence-corrected chi connectivity index (χ0v) is 11.0. The number of rotatable bonds is 11. The first-order valence-electron chi connectivity index (χ1n) is 6.29. The molecule has 0 aliphatic heterocycles. The molecule has 0 aromatic heterocycles. The second-order valence-electron chi connectivity index (χ2n) is 4.88. The second kappa shape index (κ2) is 8.44. The Hall–Kier alpha value is -0.730. The molecular weight excluding hydrogens is 256 g/mol. The van der Waals surface area contributed by atoms with Crippen molar-refractivity contribution in [2.24, 2.45) is 5.41 Å². The molecule has 0 aliphatic rings. The minimum absolute atomic E-state index is 0.0700. The Morgan fingerprint density at radius 2 is 1.16 bits per heavy atom. The van der Waals surface area contributed by atoms with Gasteiger partial charge in [0.15, 0.2) is 0 Å². The summed E-state index contributed by atoms with van der Waals surface area (Å²) in [5, 5.41) is 55.5. The highest BCUT2D eigenvalue weighted by Gasteiger charge is 2.44. The minimum Gasteiger partial charge on any atom is -0.481 e. The van der Waals surface area contributed by atoms with Crippen molar-refractivity contribution in [1.82, 2.24) is 0 Å². The molecule has 0 aromatic carbocycles. The van der Waals surface area contributed by atoms with Crippen LogP contribution in [0.3, 0.4) is 0 Å². The van der Waals surface area contributed by atoms with Gasteiger partial charge in [-0.15, -0.1) is 0 Å². The Kier molecular flexibility index (Phi) is 8.12. The van der Waals surface area contributed by atoms with Crippen molar-refractivity contribution in [2.75, 3.05) is 26.4 Å². The van der Waals surface area contributed by atoms with Crippen LogP contribution in [0.25, 0.3) is 0 Å².